The number of hydrogen-bond donors (Lipinski definition) is 1. The van der Waals surface area contributed by atoms with Crippen molar-refractivity contribution in [3.05, 3.63) is 25.3 Å². The van der Waals surface area contributed by atoms with Gasteiger partial charge in [0.2, 0.25) is 5.91 Å². The van der Waals surface area contributed by atoms with Gasteiger partial charge < -0.3 is 10.2 Å². The van der Waals surface area contributed by atoms with Crippen LogP contribution in [0.1, 0.15) is 39.0 Å². The number of allylic oxidation sites excluding steroid dienone is 2. The summed E-state index contributed by atoms with van der Waals surface area (Å²) < 4.78 is 0. The first-order chi connectivity index (χ1) is 9.24. The lowest BCUT2D eigenvalue weighted by Gasteiger charge is -2.36. The minimum absolute atomic E-state index is 0. The molecule has 3 nitrogen and oxygen atoms in total. The van der Waals surface area contributed by atoms with Crippen molar-refractivity contribution in [3.8, 4) is 0 Å². The highest BCUT2D eigenvalue weighted by molar-refractivity contribution is 5.85. The van der Waals surface area contributed by atoms with Crippen LogP contribution < -0.4 is 5.32 Å². The Labute approximate surface area is 129 Å². The van der Waals surface area contributed by atoms with Gasteiger partial charge in [0, 0.05) is 18.5 Å². The molecular formula is C16H29ClN2O. The van der Waals surface area contributed by atoms with E-state index in [1.165, 1.54) is 0 Å². The van der Waals surface area contributed by atoms with Gasteiger partial charge in [0.15, 0.2) is 0 Å². The zero-order chi connectivity index (χ0) is 14.1. The molecule has 1 rings (SSSR count). The van der Waals surface area contributed by atoms with Gasteiger partial charge in [-0.05, 0) is 45.2 Å². The summed E-state index contributed by atoms with van der Waals surface area (Å²) in [5, 5.41) is 3.36. The second kappa shape index (κ2) is 10.9. The number of hydrogen-bond acceptors (Lipinski definition) is 2. The SMILES string of the molecule is C=CCC(CC=C)C(=O)N(CCC)C1CCNCC1.Cl. The first kappa shape index (κ1) is 19.2. The summed E-state index contributed by atoms with van der Waals surface area (Å²) in [5.74, 6) is 0.310. The molecule has 1 N–H and O–H groups in total. The van der Waals surface area contributed by atoms with Crippen LogP contribution in [-0.4, -0.2) is 36.5 Å². The molecule has 4 heteroatoms. The van der Waals surface area contributed by atoms with Gasteiger partial charge in [-0.15, -0.1) is 25.6 Å². The number of nitrogens with zero attached hydrogens (tertiary/aromatic N) is 1. The van der Waals surface area contributed by atoms with Gasteiger partial charge in [-0.1, -0.05) is 19.1 Å². The van der Waals surface area contributed by atoms with Crippen molar-refractivity contribution in [2.24, 2.45) is 5.92 Å². The normalized spacial score (nSPS) is 15.5. The summed E-state index contributed by atoms with van der Waals surface area (Å²) in [4.78, 5) is 14.8. The van der Waals surface area contributed by atoms with E-state index in [1.807, 2.05) is 12.2 Å². The lowest BCUT2D eigenvalue weighted by Crippen LogP contribution is -2.48. The lowest BCUT2D eigenvalue weighted by atomic mass is 9.96. The van der Waals surface area contributed by atoms with E-state index in [0.29, 0.717) is 6.04 Å². The predicted molar refractivity (Wildman–Crippen MR) is 88.3 cm³/mol. The van der Waals surface area contributed by atoms with Crippen molar-refractivity contribution in [2.75, 3.05) is 19.6 Å². The van der Waals surface area contributed by atoms with Gasteiger partial charge in [-0.2, -0.15) is 0 Å². The van der Waals surface area contributed by atoms with Crippen LogP contribution in [0.4, 0.5) is 0 Å². The molecule has 0 radical (unpaired) electrons. The highest BCUT2D eigenvalue weighted by atomic mass is 35.5. The second-order valence-electron chi connectivity index (χ2n) is 5.26. The Bertz CT molecular complexity index is 291. The van der Waals surface area contributed by atoms with Crippen molar-refractivity contribution >= 4 is 18.3 Å². The monoisotopic (exact) mass is 300 g/mol. The maximum Gasteiger partial charge on any atom is 0.226 e. The number of carbonyl (C=O) groups excluding carboxylic acids is 1. The van der Waals surface area contributed by atoms with Crippen molar-refractivity contribution < 1.29 is 4.79 Å². The summed E-state index contributed by atoms with van der Waals surface area (Å²) in [7, 11) is 0. The Balaban J connectivity index is 0.00000361. The molecule has 0 saturated carbocycles. The molecule has 1 heterocycles. The molecule has 0 spiro atoms. The third-order valence-electron chi connectivity index (χ3n) is 3.75. The average Bonchev–Trinajstić information content (AvgIpc) is 2.45. The van der Waals surface area contributed by atoms with Crippen LogP contribution in [0.3, 0.4) is 0 Å². The quantitative estimate of drug-likeness (QED) is 0.698. The van der Waals surface area contributed by atoms with Crippen LogP contribution in [0.15, 0.2) is 25.3 Å². The maximum absolute atomic E-state index is 12.7. The zero-order valence-corrected chi connectivity index (χ0v) is 13.5. The van der Waals surface area contributed by atoms with E-state index in [9.17, 15) is 4.79 Å². The van der Waals surface area contributed by atoms with Gasteiger partial charge in [-0.25, -0.2) is 0 Å². The molecule has 0 unspecified atom stereocenters. The molecule has 0 aromatic carbocycles. The Morgan fingerprint density at radius 3 is 2.30 bits per heavy atom. The van der Waals surface area contributed by atoms with E-state index >= 15 is 0 Å². The summed E-state index contributed by atoms with van der Waals surface area (Å²) in [6.07, 6.45) is 8.34. The van der Waals surface area contributed by atoms with Gasteiger partial charge in [0.25, 0.3) is 0 Å². The van der Waals surface area contributed by atoms with Gasteiger partial charge in [-0.3, -0.25) is 4.79 Å². The van der Waals surface area contributed by atoms with Crippen molar-refractivity contribution in [1.29, 1.82) is 0 Å². The number of nitrogens with one attached hydrogen (secondary N) is 1. The third kappa shape index (κ3) is 5.68. The van der Waals surface area contributed by atoms with E-state index in [1.54, 1.807) is 0 Å². The van der Waals surface area contributed by atoms with Crippen molar-refractivity contribution in [2.45, 2.75) is 45.1 Å². The lowest BCUT2D eigenvalue weighted by molar-refractivity contribution is -0.138. The fraction of sp³-hybridized carbons (Fsp3) is 0.688. The van der Waals surface area contributed by atoms with Crippen LogP contribution in [0, 0.1) is 5.92 Å². The van der Waals surface area contributed by atoms with Crippen LogP contribution in [0.2, 0.25) is 0 Å². The molecule has 0 atom stereocenters. The largest absolute Gasteiger partial charge is 0.339 e. The first-order valence-corrected chi connectivity index (χ1v) is 7.47. The third-order valence-corrected chi connectivity index (χ3v) is 3.75. The number of piperidine rings is 1. The molecular weight excluding hydrogens is 272 g/mol. The van der Waals surface area contributed by atoms with E-state index in [2.05, 4.69) is 30.3 Å². The highest BCUT2D eigenvalue weighted by Gasteiger charge is 2.28. The highest BCUT2D eigenvalue weighted by Crippen LogP contribution is 2.20. The van der Waals surface area contributed by atoms with E-state index in [-0.39, 0.29) is 24.2 Å². The molecule has 0 aliphatic carbocycles. The molecule has 1 aliphatic heterocycles. The van der Waals surface area contributed by atoms with Gasteiger partial charge >= 0.3 is 0 Å². The van der Waals surface area contributed by atoms with Crippen LogP contribution in [-0.2, 0) is 4.79 Å². The van der Waals surface area contributed by atoms with Gasteiger partial charge in [0.05, 0.1) is 0 Å². The molecule has 1 amide bonds. The average molecular weight is 301 g/mol. The second-order valence-corrected chi connectivity index (χ2v) is 5.26. The molecule has 0 bridgehead atoms. The Morgan fingerprint density at radius 1 is 1.30 bits per heavy atom. The van der Waals surface area contributed by atoms with Crippen LogP contribution >= 0.6 is 12.4 Å². The summed E-state index contributed by atoms with van der Waals surface area (Å²) in [6, 6.07) is 0.408. The Morgan fingerprint density at radius 2 is 1.85 bits per heavy atom. The van der Waals surface area contributed by atoms with E-state index in [0.717, 1.165) is 51.7 Å². The molecule has 20 heavy (non-hydrogen) atoms. The summed E-state index contributed by atoms with van der Waals surface area (Å²) in [6.45, 7) is 12.6. The molecule has 0 aromatic rings. The minimum atomic E-state index is 0. The van der Waals surface area contributed by atoms with E-state index < -0.39 is 0 Å². The molecule has 1 saturated heterocycles. The van der Waals surface area contributed by atoms with Crippen molar-refractivity contribution in [3.63, 3.8) is 0 Å². The minimum Gasteiger partial charge on any atom is -0.339 e. The smallest absolute Gasteiger partial charge is 0.226 e. The first-order valence-electron chi connectivity index (χ1n) is 7.47. The standard InChI is InChI=1S/C16H28N2O.ClH/c1-4-7-14(8-5-2)16(19)18(13-6-3)15-9-11-17-12-10-15;/h4-5,14-15,17H,1-2,6-13H2,3H3;1H. The molecule has 1 fully saturated rings. The Hall–Kier alpha value is -0.800. The fourth-order valence-corrected chi connectivity index (χ4v) is 2.77. The molecule has 1 aliphatic rings. The number of carbonyl (C=O) groups is 1. The van der Waals surface area contributed by atoms with Crippen LogP contribution in [0.5, 0.6) is 0 Å². The van der Waals surface area contributed by atoms with Crippen LogP contribution in [0.25, 0.3) is 0 Å². The Kier molecular flexibility index (Phi) is 10.5. The topological polar surface area (TPSA) is 32.3 Å². The predicted octanol–water partition coefficient (Wildman–Crippen LogP) is 3.17. The summed E-state index contributed by atoms with van der Waals surface area (Å²) >= 11 is 0. The van der Waals surface area contributed by atoms with Crippen molar-refractivity contribution in [1.82, 2.24) is 10.2 Å². The fourth-order valence-electron chi connectivity index (χ4n) is 2.77. The summed E-state index contributed by atoms with van der Waals surface area (Å²) in [5.41, 5.74) is 0. The maximum atomic E-state index is 12.7. The number of amides is 1. The molecule has 0 aromatic heterocycles. The number of rotatable bonds is 8. The number of halogens is 1. The zero-order valence-electron chi connectivity index (χ0n) is 12.6. The van der Waals surface area contributed by atoms with E-state index in [4.69, 9.17) is 0 Å². The molecule has 116 valence electrons. The van der Waals surface area contributed by atoms with Gasteiger partial charge in [0.1, 0.15) is 0 Å².